The van der Waals surface area contributed by atoms with Crippen LogP contribution in [-0.4, -0.2) is 34.0 Å². The third kappa shape index (κ3) is 3.21. The number of fused-ring (bicyclic) bond motifs is 2. The number of aromatic nitrogens is 2. The molecule has 2 amide bonds. The lowest BCUT2D eigenvalue weighted by molar-refractivity contribution is 0.205. The zero-order chi connectivity index (χ0) is 19.0. The fraction of sp³-hybridized carbons (Fsp3) is 0.211. The zero-order valence-corrected chi connectivity index (χ0v) is 15.4. The van der Waals surface area contributed by atoms with Gasteiger partial charge in [-0.05, 0) is 30.3 Å². The van der Waals surface area contributed by atoms with Crippen molar-refractivity contribution < 1.29 is 9.53 Å². The second kappa shape index (κ2) is 6.92. The van der Waals surface area contributed by atoms with Crippen molar-refractivity contribution in [3.63, 3.8) is 0 Å². The Bertz CT molecular complexity index is 1100. The number of carbonyl (C=O) groups is 1. The third-order valence-electron chi connectivity index (χ3n) is 4.57. The van der Waals surface area contributed by atoms with Crippen molar-refractivity contribution in [1.82, 2.24) is 14.3 Å². The van der Waals surface area contributed by atoms with Crippen LogP contribution in [0.5, 0.6) is 5.75 Å². The molecule has 0 saturated heterocycles. The maximum atomic E-state index is 12.8. The number of urea groups is 1. The van der Waals surface area contributed by atoms with Crippen LogP contribution in [0, 0.1) is 0 Å². The Hall–Kier alpha value is -3.06. The molecular weight excluding hydrogens is 368 g/mol. The number of rotatable bonds is 2. The number of hydrogen-bond acceptors (Lipinski definition) is 4. The van der Waals surface area contributed by atoms with E-state index in [1.165, 1.54) is 11.5 Å². The van der Waals surface area contributed by atoms with Crippen LogP contribution in [0.1, 0.15) is 11.3 Å². The van der Waals surface area contributed by atoms with Crippen molar-refractivity contribution in [2.75, 3.05) is 19.0 Å². The number of methoxy groups -OCH3 is 1. The van der Waals surface area contributed by atoms with Gasteiger partial charge in [-0.25, -0.2) is 9.78 Å². The van der Waals surface area contributed by atoms with E-state index >= 15 is 0 Å². The van der Waals surface area contributed by atoms with Crippen LogP contribution < -0.4 is 15.6 Å². The zero-order valence-electron chi connectivity index (χ0n) is 14.6. The lowest BCUT2D eigenvalue weighted by Crippen LogP contribution is -2.42. The van der Waals surface area contributed by atoms with Gasteiger partial charge in [0.2, 0.25) is 0 Å². The fourth-order valence-electron chi connectivity index (χ4n) is 3.19. The van der Waals surface area contributed by atoms with E-state index in [-0.39, 0.29) is 18.1 Å². The number of nitrogens with one attached hydrogen (secondary N) is 1. The number of ether oxygens (including phenoxy) is 1. The summed E-state index contributed by atoms with van der Waals surface area (Å²) < 4.78 is 6.76. The summed E-state index contributed by atoms with van der Waals surface area (Å²) in [5.41, 5.74) is 2.24. The standard InChI is InChI=1S/C19H17ClN4O3/c1-27-16-6-5-12(20)10-15(16)22-19(26)23-9-7-14-13(11-23)18(25)24-8-3-2-4-17(24)21-14/h2-6,8,10H,7,9,11H2,1H3,(H,22,26). The Labute approximate surface area is 160 Å². The number of benzene rings is 1. The topological polar surface area (TPSA) is 75.9 Å². The summed E-state index contributed by atoms with van der Waals surface area (Å²) in [4.78, 5) is 31.6. The minimum absolute atomic E-state index is 0.145. The Balaban J connectivity index is 1.61. The molecule has 0 fully saturated rings. The summed E-state index contributed by atoms with van der Waals surface area (Å²) >= 11 is 6.01. The van der Waals surface area contributed by atoms with E-state index in [4.69, 9.17) is 16.3 Å². The van der Waals surface area contributed by atoms with Crippen LogP contribution >= 0.6 is 11.6 Å². The lowest BCUT2D eigenvalue weighted by Gasteiger charge is -2.28. The highest BCUT2D eigenvalue weighted by Crippen LogP contribution is 2.28. The molecule has 4 rings (SSSR count). The maximum Gasteiger partial charge on any atom is 0.322 e. The van der Waals surface area contributed by atoms with Gasteiger partial charge < -0.3 is 15.0 Å². The number of amides is 2. The van der Waals surface area contributed by atoms with Crippen LogP contribution in [0.3, 0.4) is 0 Å². The van der Waals surface area contributed by atoms with E-state index in [1.54, 1.807) is 41.4 Å². The van der Waals surface area contributed by atoms with Crippen LogP contribution in [0.15, 0.2) is 47.4 Å². The van der Waals surface area contributed by atoms with Crippen molar-refractivity contribution >= 4 is 29.0 Å². The van der Waals surface area contributed by atoms with Crippen LogP contribution in [0.25, 0.3) is 5.65 Å². The van der Waals surface area contributed by atoms with Gasteiger partial charge in [0.05, 0.1) is 30.6 Å². The third-order valence-corrected chi connectivity index (χ3v) is 4.81. The Morgan fingerprint density at radius 3 is 2.96 bits per heavy atom. The number of carbonyl (C=O) groups excluding carboxylic acids is 1. The number of anilines is 1. The van der Waals surface area contributed by atoms with Gasteiger partial charge in [-0.3, -0.25) is 9.20 Å². The van der Waals surface area contributed by atoms with E-state index in [0.29, 0.717) is 40.6 Å². The van der Waals surface area contributed by atoms with Crippen molar-refractivity contribution in [1.29, 1.82) is 0 Å². The van der Waals surface area contributed by atoms with E-state index in [1.807, 2.05) is 6.07 Å². The smallest absolute Gasteiger partial charge is 0.322 e. The summed E-state index contributed by atoms with van der Waals surface area (Å²) in [5.74, 6) is 0.512. The van der Waals surface area contributed by atoms with E-state index in [0.717, 1.165) is 5.69 Å². The quantitative estimate of drug-likeness (QED) is 0.737. The molecule has 1 aliphatic heterocycles. The van der Waals surface area contributed by atoms with Gasteiger partial charge in [0, 0.05) is 24.2 Å². The van der Waals surface area contributed by atoms with Crippen LogP contribution in [-0.2, 0) is 13.0 Å². The molecule has 3 heterocycles. The highest BCUT2D eigenvalue weighted by Gasteiger charge is 2.25. The molecule has 1 N–H and O–H groups in total. The maximum absolute atomic E-state index is 12.8. The van der Waals surface area contributed by atoms with Crippen LogP contribution in [0.2, 0.25) is 5.02 Å². The lowest BCUT2D eigenvalue weighted by atomic mass is 10.1. The summed E-state index contributed by atoms with van der Waals surface area (Å²) in [6, 6.07) is 10.1. The summed E-state index contributed by atoms with van der Waals surface area (Å²) in [6.07, 6.45) is 2.21. The molecule has 0 spiro atoms. The Kier molecular flexibility index (Phi) is 4.45. The molecule has 138 valence electrons. The summed E-state index contributed by atoms with van der Waals surface area (Å²) in [6.45, 7) is 0.672. The predicted octanol–water partition coefficient (Wildman–Crippen LogP) is 2.95. The number of pyridine rings is 1. The van der Waals surface area contributed by atoms with Gasteiger partial charge in [0.25, 0.3) is 5.56 Å². The molecule has 1 aromatic carbocycles. The first-order chi connectivity index (χ1) is 13.1. The van der Waals surface area contributed by atoms with Crippen molar-refractivity contribution in [2.45, 2.75) is 13.0 Å². The molecule has 2 aromatic heterocycles. The van der Waals surface area contributed by atoms with E-state index < -0.39 is 0 Å². The average molecular weight is 385 g/mol. The van der Waals surface area contributed by atoms with Crippen molar-refractivity contribution in [3.8, 4) is 5.75 Å². The first-order valence-electron chi connectivity index (χ1n) is 8.45. The first kappa shape index (κ1) is 17.4. The second-order valence-corrected chi connectivity index (χ2v) is 6.65. The monoisotopic (exact) mass is 384 g/mol. The molecule has 7 nitrogen and oxygen atoms in total. The average Bonchev–Trinajstić information content (AvgIpc) is 2.68. The minimum atomic E-state index is -0.321. The van der Waals surface area contributed by atoms with Gasteiger partial charge in [-0.1, -0.05) is 17.7 Å². The Morgan fingerprint density at radius 1 is 1.30 bits per heavy atom. The molecule has 0 saturated carbocycles. The number of halogens is 1. The van der Waals surface area contributed by atoms with E-state index in [9.17, 15) is 9.59 Å². The van der Waals surface area contributed by atoms with Gasteiger partial charge >= 0.3 is 6.03 Å². The SMILES string of the molecule is COc1ccc(Cl)cc1NC(=O)N1CCc2nc3ccccn3c(=O)c2C1. The molecule has 8 heteroatoms. The van der Waals surface area contributed by atoms with Crippen LogP contribution in [0.4, 0.5) is 10.5 Å². The molecule has 0 bridgehead atoms. The molecule has 3 aromatic rings. The molecule has 0 atom stereocenters. The number of nitrogens with zero attached hydrogens (tertiary/aromatic N) is 3. The molecule has 0 aliphatic carbocycles. The first-order valence-corrected chi connectivity index (χ1v) is 8.83. The fourth-order valence-corrected chi connectivity index (χ4v) is 3.37. The van der Waals surface area contributed by atoms with Gasteiger partial charge in [-0.2, -0.15) is 0 Å². The molecule has 1 aliphatic rings. The van der Waals surface area contributed by atoms with E-state index in [2.05, 4.69) is 10.3 Å². The van der Waals surface area contributed by atoms with Crippen molar-refractivity contribution in [3.05, 3.63) is 69.2 Å². The van der Waals surface area contributed by atoms with Gasteiger partial charge in [0.1, 0.15) is 11.4 Å². The highest BCUT2D eigenvalue weighted by molar-refractivity contribution is 6.31. The summed E-state index contributed by atoms with van der Waals surface area (Å²) in [7, 11) is 1.52. The molecule has 0 radical (unpaired) electrons. The predicted molar refractivity (Wildman–Crippen MR) is 103 cm³/mol. The molecule has 27 heavy (non-hydrogen) atoms. The summed E-state index contributed by atoms with van der Waals surface area (Å²) in [5, 5.41) is 3.30. The van der Waals surface area contributed by atoms with Gasteiger partial charge in [-0.15, -0.1) is 0 Å². The second-order valence-electron chi connectivity index (χ2n) is 6.22. The molecule has 0 unspecified atom stereocenters. The number of hydrogen-bond donors (Lipinski definition) is 1. The molecular formula is C19H17ClN4O3. The minimum Gasteiger partial charge on any atom is -0.495 e. The highest BCUT2D eigenvalue weighted by atomic mass is 35.5. The largest absolute Gasteiger partial charge is 0.495 e. The normalized spacial score (nSPS) is 13.3. The van der Waals surface area contributed by atoms with Gasteiger partial charge in [0.15, 0.2) is 0 Å². The van der Waals surface area contributed by atoms with Crippen molar-refractivity contribution in [2.24, 2.45) is 0 Å². The Morgan fingerprint density at radius 2 is 2.15 bits per heavy atom.